The van der Waals surface area contributed by atoms with Crippen molar-refractivity contribution in [2.75, 3.05) is 0 Å². The summed E-state index contributed by atoms with van der Waals surface area (Å²) in [6.45, 7) is 6.05. The lowest BCUT2D eigenvalue weighted by atomic mass is 9.74. The van der Waals surface area contributed by atoms with Crippen molar-refractivity contribution in [3.05, 3.63) is 92.6 Å². The average molecular weight is 459 g/mol. The second kappa shape index (κ2) is 8.38. The standard InChI is InChI=1S/C28H26O6/c1-14-22(26(32)18-8-6-5-7-17(18)24(14)30)23-15(2)25(31)19-11-9-16(13-20(19)27(23)33)10-12-21(29)28(3,4)34/h5-9,11,13,21,29,34H,10,12H2,1-4H3. The van der Waals surface area contributed by atoms with E-state index in [0.29, 0.717) is 12.0 Å². The molecule has 0 aromatic heterocycles. The molecule has 0 fully saturated rings. The predicted octanol–water partition coefficient (Wildman–Crippen LogP) is 3.84. The number of rotatable bonds is 5. The number of hydrogen-bond donors (Lipinski definition) is 2. The number of aliphatic hydroxyl groups excluding tert-OH is 1. The minimum Gasteiger partial charge on any atom is -0.390 e. The van der Waals surface area contributed by atoms with E-state index < -0.39 is 23.3 Å². The number of ketones is 4. The van der Waals surface area contributed by atoms with Crippen LogP contribution in [-0.4, -0.2) is 45.1 Å². The van der Waals surface area contributed by atoms with E-state index >= 15 is 0 Å². The summed E-state index contributed by atoms with van der Waals surface area (Å²) in [4.78, 5) is 53.1. The fourth-order valence-electron chi connectivity index (χ4n) is 4.51. The van der Waals surface area contributed by atoms with Crippen LogP contribution in [0.5, 0.6) is 0 Å². The third-order valence-electron chi connectivity index (χ3n) is 6.65. The maximum absolute atomic E-state index is 13.6. The Labute approximate surface area is 197 Å². The van der Waals surface area contributed by atoms with E-state index in [1.165, 1.54) is 27.7 Å². The Balaban J connectivity index is 1.76. The Hall–Kier alpha value is -3.48. The van der Waals surface area contributed by atoms with Crippen LogP contribution >= 0.6 is 0 Å². The average Bonchev–Trinajstić information content (AvgIpc) is 2.81. The van der Waals surface area contributed by atoms with E-state index in [-0.39, 0.29) is 62.5 Å². The molecule has 2 aliphatic rings. The minimum absolute atomic E-state index is 0.0203. The zero-order valence-corrected chi connectivity index (χ0v) is 19.6. The largest absolute Gasteiger partial charge is 0.390 e. The van der Waals surface area contributed by atoms with Gasteiger partial charge in [-0.05, 0) is 52.2 Å². The number of benzene rings is 2. The van der Waals surface area contributed by atoms with Crippen LogP contribution in [0.3, 0.4) is 0 Å². The lowest BCUT2D eigenvalue weighted by molar-refractivity contribution is -0.0509. The second-order valence-electron chi connectivity index (χ2n) is 9.45. The van der Waals surface area contributed by atoms with E-state index in [1.807, 2.05) is 0 Å². The highest BCUT2D eigenvalue weighted by Crippen LogP contribution is 2.37. The van der Waals surface area contributed by atoms with Gasteiger partial charge in [-0.1, -0.05) is 36.4 Å². The van der Waals surface area contributed by atoms with Gasteiger partial charge in [0, 0.05) is 44.5 Å². The van der Waals surface area contributed by atoms with Gasteiger partial charge in [-0.3, -0.25) is 19.2 Å². The molecule has 1 atom stereocenters. The van der Waals surface area contributed by atoms with E-state index in [9.17, 15) is 29.4 Å². The Morgan fingerprint density at radius 1 is 0.735 bits per heavy atom. The lowest BCUT2D eigenvalue weighted by Crippen LogP contribution is -2.36. The van der Waals surface area contributed by atoms with Gasteiger partial charge in [0.25, 0.3) is 0 Å². The third-order valence-corrected chi connectivity index (χ3v) is 6.65. The number of aryl methyl sites for hydroxylation is 1. The van der Waals surface area contributed by atoms with Crippen LogP contribution < -0.4 is 0 Å². The maximum Gasteiger partial charge on any atom is 0.194 e. The number of fused-ring (bicyclic) bond motifs is 2. The van der Waals surface area contributed by atoms with Gasteiger partial charge in [0.05, 0.1) is 11.7 Å². The number of hydrogen-bond acceptors (Lipinski definition) is 6. The van der Waals surface area contributed by atoms with Crippen molar-refractivity contribution in [3.8, 4) is 0 Å². The smallest absolute Gasteiger partial charge is 0.194 e. The highest BCUT2D eigenvalue weighted by atomic mass is 16.3. The van der Waals surface area contributed by atoms with Gasteiger partial charge < -0.3 is 10.2 Å². The van der Waals surface area contributed by atoms with Crippen molar-refractivity contribution in [3.63, 3.8) is 0 Å². The fraction of sp³-hybridized carbons (Fsp3) is 0.286. The molecule has 0 radical (unpaired) electrons. The van der Waals surface area contributed by atoms with Crippen molar-refractivity contribution in [1.29, 1.82) is 0 Å². The summed E-state index contributed by atoms with van der Waals surface area (Å²) >= 11 is 0. The molecule has 0 bridgehead atoms. The summed E-state index contributed by atoms with van der Waals surface area (Å²) in [5.41, 5.74) is 0.592. The lowest BCUT2D eigenvalue weighted by Gasteiger charge is -2.26. The molecule has 34 heavy (non-hydrogen) atoms. The predicted molar refractivity (Wildman–Crippen MR) is 126 cm³/mol. The third kappa shape index (κ3) is 3.79. The number of carbonyl (C=O) groups is 4. The van der Waals surface area contributed by atoms with Gasteiger partial charge in [-0.25, -0.2) is 0 Å². The molecule has 1 unspecified atom stereocenters. The zero-order chi connectivity index (χ0) is 24.9. The summed E-state index contributed by atoms with van der Waals surface area (Å²) in [5.74, 6) is -1.64. The highest BCUT2D eigenvalue weighted by molar-refractivity contribution is 6.36. The molecule has 0 aliphatic heterocycles. The molecule has 0 amide bonds. The van der Waals surface area contributed by atoms with E-state index in [1.54, 1.807) is 42.5 Å². The molecule has 2 N–H and O–H groups in total. The summed E-state index contributed by atoms with van der Waals surface area (Å²) in [5, 5.41) is 20.1. The van der Waals surface area contributed by atoms with Gasteiger partial charge in [0.1, 0.15) is 0 Å². The van der Waals surface area contributed by atoms with Crippen molar-refractivity contribution in [1.82, 2.24) is 0 Å². The second-order valence-corrected chi connectivity index (χ2v) is 9.45. The molecular formula is C28H26O6. The number of aliphatic hydroxyl groups is 2. The van der Waals surface area contributed by atoms with Crippen LogP contribution in [0, 0.1) is 0 Å². The molecule has 6 heteroatoms. The number of Topliss-reactive ketones (excluding diaryl/α,β-unsaturated/α-hetero) is 4. The van der Waals surface area contributed by atoms with E-state index in [2.05, 4.69) is 0 Å². The molecule has 2 aromatic carbocycles. The molecule has 0 heterocycles. The van der Waals surface area contributed by atoms with Gasteiger partial charge in [-0.15, -0.1) is 0 Å². The highest BCUT2D eigenvalue weighted by Gasteiger charge is 2.39. The first-order valence-corrected chi connectivity index (χ1v) is 11.2. The topological polar surface area (TPSA) is 109 Å². The summed E-state index contributed by atoms with van der Waals surface area (Å²) in [7, 11) is 0. The SMILES string of the molecule is CC1=C(C2=C(C)C(=O)c3ccc(CCC(O)C(C)(C)O)cc3C2=O)C(=O)c2ccccc2C1=O. The Kier molecular flexibility index (Phi) is 5.84. The summed E-state index contributed by atoms with van der Waals surface area (Å²) in [6, 6.07) is 11.3. The van der Waals surface area contributed by atoms with Gasteiger partial charge in [-0.2, -0.15) is 0 Å². The van der Waals surface area contributed by atoms with E-state index in [4.69, 9.17) is 0 Å². The Morgan fingerprint density at radius 2 is 1.21 bits per heavy atom. The summed E-state index contributed by atoms with van der Waals surface area (Å²) < 4.78 is 0. The molecule has 0 spiro atoms. The minimum atomic E-state index is -1.26. The van der Waals surface area contributed by atoms with Crippen molar-refractivity contribution < 1.29 is 29.4 Å². The molecule has 2 aromatic rings. The first kappa shape index (κ1) is 23.7. The molecule has 6 nitrogen and oxygen atoms in total. The van der Waals surface area contributed by atoms with Crippen LogP contribution in [0.2, 0.25) is 0 Å². The monoisotopic (exact) mass is 458 g/mol. The summed E-state index contributed by atoms with van der Waals surface area (Å²) in [6.07, 6.45) is -0.317. The molecule has 0 saturated carbocycles. The molecule has 0 saturated heterocycles. The van der Waals surface area contributed by atoms with E-state index in [0.717, 1.165) is 0 Å². The van der Waals surface area contributed by atoms with Gasteiger partial charge in [0.15, 0.2) is 23.1 Å². The van der Waals surface area contributed by atoms with Crippen LogP contribution in [-0.2, 0) is 6.42 Å². The molecular weight excluding hydrogens is 432 g/mol. The molecule has 4 rings (SSSR count). The molecule has 174 valence electrons. The van der Waals surface area contributed by atoms with Crippen molar-refractivity contribution in [2.45, 2.75) is 52.2 Å². The maximum atomic E-state index is 13.6. The first-order valence-electron chi connectivity index (χ1n) is 11.2. The van der Waals surface area contributed by atoms with Gasteiger partial charge >= 0.3 is 0 Å². The van der Waals surface area contributed by atoms with Crippen LogP contribution in [0.1, 0.15) is 81.1 Å². The first-order chi connectivity index (χ1) is 15.9. The van der Waals surface area contributed by atoms with Crippen LogP contribution in [0.4, 0.5) is 0 Å². The van der Waals surface area contributed by atoms with Crippen molar-refractivity contribution >= 4 is 23.1 Å². The van der Waals surface area contributed by atoms with Gasteiger partial charge in [0.2, 0.25) is 0 Å². The fourth-order valence-corrected chi connectivity index (χ4v) is 4.51. The van der Waals surface area contributed by atoms with Crippen LogP contribution in [0.25, 0.3) is 0 Å². The molecule has 2 aliphatic carbocycles. The number of allylic oxidation sites excluding steroid dienone is 4. The van der Waals surface area contributed by atoms with Crippen molar-refractivity contribution in [2.24, 2.45) is 0 Å². The quantitative estimate of drug-likeness (QED) is 0.705. The normalized spacial score (nSPS) is 17.2. The number of carbonyl (C=O) groups excluding carboxylic acids is 4. The zero-order valence-electron chi connectivity index (χ0n) is 19.6. The van der Waals surface area contributed by atoms with Crippen LogP contribution in [0.15, 0.2) is 64.8 Å². The Bertz CT molecular complexity index is 1330. The Morgan fingerprint density at radius 3 is 1.74 bits per heavy atom.